The van der Waals surface area contributed by atoms with Crippen LogP contribution in [0.1, 0.15) is 16.8 Å². The van der Waals surface area contributed by atoms with E-state index in [9.17, 15) is 18.0 Å². The Morgan fingerprint density at radius 2 is 1.89 bits per heavy atom. The minimum absolute atomic E-state index is 0.337. The molecule has 0 unspecified atom stereocenters. The topological polar surface area (TPSA) is 34.4 Å². The van der Waals surface area contributed by atoms with E-state index >= 15 is 0 Å². The Morgan fingerprint density at radius 1 is 1.26 bits per heavy atom. The average molecular weight is 268 g/mol. The minimum Gasteiger partial charge on any atom is -0.338 e. The maximum atomic E-state index is 13.1. The van der Waals surface area contributed by atoms with Gasteiger partial charge in [0.05, 0.1) is 5.52 Å². The molecule has 1 aromatic carbocycles. The third-order valence-corrected chi connectivity index (χ3v) is 3.04. The molecule has 0 aliphatic rings. The Balaban J connectivity index is 3.05. The number of carbonyl (C=O) groups excluding carboxylic acids is 1. The Labute approximate surface area is 107 Å². The number of aryl methyl sites for hydroxylation is 3. The molecule has 0 N–H and O–H groups in total. The summed E-state index contributed by atoms with van der Waals surface area (Å²) >= 11 is 0. The summed E-state index contributed by atoms with van der Waals surface area (Å²) in [6.07, 6.45) is -3.37. The molecule has 0 bridgehead atoms. The van der Waals surface area contributed by atoms with Gasteiger partial charge in [-0.1, -0.05) is 6.07 Å². The molecule has 0 fully saturated rings. The molecule has 0 spiro atoms. The van der Waals surface area contributed by atoms with Crippen LogP contribution in [0.4, 0.5) is 18.9 Å². The molecular weight excluding hydrogens is 257 g/mol. The number of hydrogen-bond donors (Lipinski definition) is 0. The summed E-state index contributed by atoms with van der Waals surface area (Å²) in [7, 11) is 1.31. The monoisotopic (exact) mass is 268 g/mol. The fourth-order valence-corrected chi connectivity index (χ4v) is 2.39. The molecule has 100 valence electrons. The number of halogens is 3. The van der Waals surface area contributed by atoms with E-state index in [1.165, 1.54) is 13.1 Å². The normalized spacial score (nSPS) is 11.7. The van der Waals surface area contributed by atoms with Gasteiger partial charge in [0.25, 0.3) is 0 Å². The molecule has 3 nitrogen and oxygen atoms in total. The number of alkyl halides is 3. The lowest BCUT2D eigenvalue weighted by molar-refractivity contribution is -0.142. The van der Waals surface area contributed by atoms with E-state index in [-0.39, 0.29) is 5.69 Å². The SMILES string of the molecule is Cc1cc(C)c2c(N=C=O)c(C(F)(F)F)n(C)c2c1. The van der Waals surface area contributed by atoms with Crippen LogP contribution in [0, 0.1) is 13.8 Å². The second kappa shape index (κ2) is 4.24. The summed E-state index contributed by atoms with van der Waals surface area (Å²) in [6, 6.07) is 3.40. The Bertz CT molecular complexity index is 707. The highest BCUT2D eigenvalue weighted by Gasteiger charge is 2.39. The molecule has 0 saturated carbocycles. The van der Waals surface area contributed by atoms with E-state index < -0.39 is 11.9 Å². The van der Waals surface area contributed by atoms with Crippen molar-refractivity contribution in [2.45, 2.75) is 20.0 Å². The second-order valence-corrected chi connectivity index (χ2v) is 4.43. The van der Waals surface area contributed by atoms with Crippen LogP contribution < -0.4 is 0 Å². The largest absolute Gasteiger partial charge is 0.433 e. The lowest BCUT2D eigenvalue weighted by Crippen LogP contribution is -2.11. The van der Waals surface area contributed by atoms with Crippen molar-refractivity contribution in [2.24, 2.45) is 12.0 Å². The summed E-state index contributed by atoms with van der Waals surface area (Å²) < 4.78 is 40.3. The van der Waals surface area contributed by atoms with Crippen LogP contribution in [-0.2, 0) is 18.0 Å². The lowest BCUT2D eigenvalue weighted by atomic mass is 10.1. The van der Waals surface area contributed by atoms with E-state index in [2.05, 4.69) is 4.99 Å². The third-order valence-electron chi connectivity index (χ3n) is 3.04. The first-order valence-electron chi connectivity index (χ1n) is 5.52. The van der Waals surface area contributed by atoms with Crippen LogP contribution in [0.15, 0.2) is 17.1 Å². The van der Waals surface area contributed by atoms with Gasteiger partial charge >= 0.3 is 6.18 Å². The highest BCUT2D eigenvalue weighted by atomic mass is 19.4. The number of rotatable bonds is 1. The number of aromatic nitrogens is 1. The molecule has 2 aromatic rings. The third kappa shape index (κ3) is 2.04. The van der Waals surface area contributed by atoms with Crippen molar-refractivity contribution in [1.29, 1.82) is 0 Å². The smallest absolute Gasteiger partial charge is 0.338 e. The van der Waals surface area contributed by atoms with Crippen LogP contribution in [0.3, 0.4) is 0 Å². The molecule has 0 aliphatic carbocycles. The molecule has 19 heavy (non-hydrogen) atoms. The number of hydrogen-bond acceptors (Lipinski definition) is 2. The minimum atomic E-state index is -4.58. The first-order chi connectivity index (χ1) is 8.77. The van der Waals surface area contributed by atoms with E-state index in [4.69, 9.17) is 0 Å². The molecule has 0 saturated heterocycles. The maximum Gasteiger partial charge on any atom is 0.433 e. The van der Waals surface area contributed by atoms with Gasteiger partial charge in [0.1, 0.15) is 5.69 Å². The van der Waals surface area contributed by atoms with Crippen molar-refractivity contribution in [3.63, 3.8) is 0 Å². The maximum absolute atomic E-state index is 13.1. The van der Waals surface area contributed by atoms with Gasteiger partial charge in [0, 0.05) is 12.4 Å². The van der Waals surface area contributed by atoms with Crippen LogP contribution in [0.25, 0.3) is 10.9 Å². The molecule has 0 radical (unpaired) electrons. The molecule has 6 heteroatoms. The Morgan fingerprint density at radius 3 is 2.42 bits per heavy atom. The first kappa shape index (κ1) is 13.4. The predicted octanol–water partition coefficient (Wildman–Crippen LogP) is 3.78. The van der Waals surface area contributed by atoms with Crippen molar-refractivity contribution in [3.8, 4) is 0 Å². The number of aliphatic imine (C=N–C) groups is 1. The van der Waals surface area contributed by atoms with Gasteiger partial charge in [0.15, 0.2) is 5.69 Å². The van der Waals surface area contributed by atoms with Crippen molar-refractivity contribution in [3.05, 3.63) is 29.0 Å². The molecular formula is C13H11F3N2O. The van der Waals surface area contributed by atoms with Gasteiger partial charge in [-0.05, 0) is 31.0 Å². The zero-order valence-electron chi connectivity index (χ0n) is 10.6. The van der Waals surface area contributed by atoms with Gasteiger partial charge in [-0.2, -0.15) is 18.2 Å². The van der Waals surface area contributed by atoms with Crippen molar-refractivity contribution < 1.29 is 18.0 Å². The van der Waals surface area contributed by atoms with E-state index in [0.29, 0.717) is 16.5 Å². The highest BCUT2D eigenvalue weighted by molar-refractivity contribution is 5.97. The van der Waals surface area contributed by atoms with Gasteiger partial charge in [0.2, 0.25) is 6.08 Å². The number of benzene rings is 1. The average Bonchev–Trinajstić information content (AvgIpc) is 2.52. The van der Waals surface area contributed by atoms with E-state index in [1.807, 2.05) is 0 Å². The predicted molar refractivity (Wildman–Crippen MR) is 65.2 cm³/mol. The van der Waals surface area contributed by atoms with Gasteiger partial charge in [-0.15, -0.1) is 0 Å². The fourth-order valence-electron chi connectivity index (χ4n) is 2.39. The van der Waals surface area contributed by atoms with E-state index in [0.717, 1.165) is 10.1 Å². The number of nitrogens with zero attached hydrogens (tertiary/aromatic N) is 2. The zero-order valence-corrected chi connectivity index (χ0v) is 10.6. The van der Waals surface area contributed by atoms with Crippen molar-refractivity contribution in [2.75, 3.05) is 0 Å². The summed E-state index contributed by atoms with van der Waals surface area (Å²) in [5, 5.41) is 0.337. The lowest BCUT2D eigenvalue weighted by Gasteiger charge is -2.08. The van der Waals surface area contributed by atoms with Gasteiger partial charge in [-0.25, -0.2) is 4.79 Å². The number of fused-ring (bicyclic) bond motifs is 1. The summed E-state index contributed by atoms with van der Waals surface area (Å²) in [5.41, 5.74) is 0.604. The zero-order chi connectivity index (χ0) is 14.4. The molecule has 1 heterocycles. The van der Waals surface area contributed by atoms with Crippen LogP contribution in [0.5, 0.6) is 0 Å². The summed E-state index contributed by atoms with van der Waals surface area (Å²) in [5.74, 6) is 0. The van der Waals surface area contributed by atoms with Crippen molar-refractivity contribution >= 4 is 22.7 Å². The van der Waals surface area contributed by atoms with Crippen LogP contribution in [0.2, 0.25) is 0 Å². The van der Waals surface area contributed by atoms with Crippen LogP contribution in [-0.4, -0.2) is 10.6 Å². The van der Waals surface area contributed by atoms with Gasteiger partial charge < -0.3 is 4.57 Å². The Hall–Kier alpha value is -2.07. The summed E-state index contributed by atoms with van der Waals surface area (Å²) in [6.45, 7) is 3.49. The van der Waals surface area contributed by atoms with E-state index in [1.54, 1.807) is 26.0 Å². The quantitative estimate of drug-likeness (QED) is 0.572. The molecule has 2 rings (SSSR count). The highest BCUT2D eigenvalue weighted by Crippen LogP contribution is 2.43. The fraction of sp³-hybridized carbons (Fsp3) is 0.308. The van der Waals surface area contributed by atoms with Crippen LogP contribution >= 0.6 is 0 Å². The molecule has 0 amide bonds. The standard InChI is InChI=1S/C13H11F3N2O/c1-7-4-8(2)10-9(5-7)18(3)12(13(14,15)16)11(10)17-6-19/h4-5H,1-3H3. The molecule has 1 aromatic heterocycles. The second-order valence-electron chi connectivity index (χ2n) is 4.43. The first-order valence-corrected chi connectivity index (χ1v) is 5.52. The molecule has 0 atom stereocenters. The molecule has 0 aliphatic heterocycles. The summed E-state index contributed by atoms with van der Waals surface area (Å²) in [4.78, 5) is 13.7. The Kier molecular flexibility index (Phi) is 2.98. The van der Waals surface area contributed by atoms with Gasteiger partial charge in [-0.3, -0.25) is 0 Å². The van der Waals surface area contributed by atoms with Crippen molar-refractivity contribution in [1.82, 2.24) is 4.57 Å². The number of isocyanates is 1.